The first-order valence-corrected chi connectivity index (χ1v) is 13.9. The molecule has 4 fully saturated rings. The first kappa shape index (κ1) is 24.6. The van der Waals surface area contributed by atoms with Gasteiger partial charge in [-0.15, -0.1) is 0 Å². The van der Waals surface area contributed by atoms with Crippen molar-refractivity contribution in [1.29, 1.82) is 0 Å². The smallest absolute Gasteiger partial charge is 0.198 e. The third-order valence-electron chi connectivity index (χ3n) is 12.4. The Bertz CT molecular complexity index is 997. The summed E-state index contributed by atoms with van der Waals surface area (Å²) in [5.41, 5.74) is 1.78. The normalized spacial score (nSPS) is 58.7. The fraction of sp³-hybridized carbons (Fsp3) is 0.867. The molecule has 0 aromatic heterocycles. The number of aliphatic hydroxyl groups excluding tert-OH is 2. The minimum absolute atomic E-state index is 0.0129. The Morgan fingerprint density at radius 3 is 2.34 bits per heavy atom. The summed E-state index contributed by atoms with van der Waals surface area (Å²) in [6.45, 7) is 15.9. The lowest BCUT2D eigenvalue weighted by Crippen LogP contribution is -2.58. The van der Waals surface area contributed by atoms with Crippen LogP contribution in [0.15, 0.2) is 23.3 Å². The molecule has 0 bridgehead atoms. The van der Waals surface area contributed by atoms with Gasteiger partial charge in [-0.25, -0.2) is 0 Å². The van der Waals surface area contributed by atoms with E-state index in [1.807, 2.05) is 0 Å². The lowest BCUT2D eigenvalue weighted by Gasteiger charge is -2.61. The molecule has 6 aliphatic rings. The van der Waals surface area contributed by atoms with Crippen molar-refractivity contribution in [2.75, 3.05) is 6.61 Å². The van der Waals surface area contributed by atoms with E-state index < -0.39 is 17.5 Å². The second-order valence-corrected chi connectivity index (χ2v) is 14.7. The quantitative estimate of drug-likeness (QED) is 0.461. The van der Waals surface area contributed by atoms with Crippen LogP contribution in [0.2, 0.25) is 0 Å². The van der Waals surface area contributed by atoms with E-state index in [0.717, 1.165) is 32.1 Å². The maximum atomic E-state index is 11.0. The van der Waals surface area contributed by atoms with Gasteiger partial charge in [-0.1, -0.05) is 53.7 Å². The summed E-state index contributed by atoms with van der Waals surface area (Å²) in [4.78, 5) is 0. The summed E-state index contributed by atoms with van der Waals surface area (Å²) in [6.07, 6.45) is 9.24. The highest BCUT2D eigenvalue weighted by atomic mass is 16.7. The molecule has 4 aliphatic carbocycles. The van der Waals surface area contributed by atoms with Crippen LogP contribution in [-0.2, 0) is 9.47 Å². The molecule has 0 aromatic rings. The molecule has 0 amide bonds. The van der Waals surface area contributed by atoms with Crippen LogP contribution < -0.4 is 0 Å². The average molecular weight is 487 g/mol. The molecule has 2 aliphatic heterocycles. The van der Waals surface area contributed by atoms with E-state index in [9.17, 15) is 15.3 Å². The number of rotatable bonds is 0. The summed E-state index contributed by atoms with van der Waals surface area (Å²) >= 11 is 0. The van der Waals surface area contributed by atoms with E-state index in [1.165, 1.54) is 11.1 Å². The van der Waals surface area contributed by atoms with Crippen molar-refractivity contribution >= 4 is 0 Å². The average Bonchev–Trinajstić information content (AvgIpc) is 3.13. The first-order valence-electron chi connectivity index (χ1n) is 13.9. The Balaban J connectivity index is 1.39. The van der Waals surface area contributed by atoms with E-state index >= 15 is 0 Å². The molecule has 6 rings (SSSR count). The Morgan fingerprint density at radius 1 is 0.971 bits per heavy atom. The van der Waals surface area contributed by atoms with Gasteiger partial charge < -0.3 is 24.8 Å². The number of aliphatic hydroxyl groups is 3. The summed E-state index contributed by atoms with van der Waals surface area (Å²) in [5, 5.41) is 32.6. The Morgan fingerprint density at radius 2 is 1.69 bits per heavy atom. The van der Waals surface area contributed by atoms with Crippen molar-refractivity contribution in [1.82, 2.24) is 0 Å². The van der Waals surface area contributed by atoms with Gasteiger partial charge in [-0.2, -0.15) is 0 Å². The Hall–Kier alpha value is -0.720. The third-order valence-corrected chi connectivity index (χ3v) is 12.4. The van der Waals surface area contributed by atoms with Crippen molar-refractivity contribution in [2.24, 2.45) is 39.4 Å². The van der Waals surface area contributed by atoms with Crippen molar-refractivity contribution in [3.8, 4) is 0 Å². The molecule has 1 spiro atoms. The molecular weight excluding hydrogens is 440 g/mol. The summed E-state index contributed by atoms with van der Waals surface area (Å²) in [5.74, 6) is 0.0130. The molecule has 5 nitrogen and oxygen atoms in total. The second-order valence-electron chi connectivity index (χ2n) is 14.7. The Kier molecular flexibility index (Phi) is 4.94. The van der Waals surface area contributed by atoms with Crippen molar-refractivity contribution in [3.63, 3.8) is 0 Å². The number of fused-ring (bicyclic) bond motifs is 7. The third kappa shape index (κ3) is 2.83. The van der Waals surface area contributed by atoms with E-state index in [2.05, 4.69) is 53.7 Å². The molecule has 0 unspecified atom stereocenters. The molecule has 35 heavy (non-hydrogen) atoms. The lowest BCUT2D eigenvalue weighted by molar-refractivity contribution is -0.312. The van der Waals surface area contributed by atoms with Gasteiger partial charge in [0.1, 0.15) is 11.7 Å². The van der Waals surface area contributed by atoms with Crippen LogP contribution in [0.25, 0.3) is 0 Å². The molecule has 2 saturated heterocycles. The SMILES string of the molecule is C[C@@H]1C[C@]2(OC[C@](C)(O)[C@H]2O)O[C@H]2C[C@@]3(C)C4=CC[C@@H]5C(C)(C)[C@@H](O)CC[C@]5(C)C4=CC[C@]3(C)[C@@H]12. The molecule has 3 N–H and O–H groups in total. The highest BCUT2D eigenvalue weighted by molar-refractivity contribution is 5.50. The van der Waals surface area contributed by atoms with E-state index in [4.69, 9.17) is 9.47 Å². The molecule has 2 heterocycles. The molecular formula is C30H46O5. The number of ether oxygens (including phenoxy) is 2. The van der Waals surface area contributed by atoms with Crippen molar-refractivity contribution < 1.29 is 24.8 Å². The fourth-order valence-electron chi connectivity index (χ4n) is 10.2. The van der Waals surface area contributed by atoms with Gasteiger partial charge in [0, 0.05) is 11.8 Å². The fourth-order valence-corrected chi connectivity index (χ4v) is 10.2. The number of hydrogen-bond donors (Lipinski definition) is 3. The van der Waals surface area contributed by atoms with Crippen LogP contribution in [0.5, 0.6) is 0 Å². The molecule has 0 radical (unpaired) electrons. The van der Waals surface area contributed by atoms with E-state index in [1.54, 1.807) is 6.92 Å². The molecule has 0 aromatic carbocycles. The van der Waals surface area contributed by atoms with Crippen LogP contribution in [0.4, 0.5) is 0 Å². The second kappa shape index (κ2) is 7.02. The number of hydrogen-bond acceptors (Lipinski definition) is 5. The predicted octanol–water partition coefficient (Wildman–Crippen LogP) is 4.75. The molecule has 2 saturated carbocycles. The highest BCUT2D eigenvalue weighted by Gasteiger charge is 2.70. The van der Waals surface area contributed by atoms with Crippen LogP contribution in [0.1, 0.15) is 87.0 Å². The molecule has 196 valence electrons. The predicted molar refractivity (Wildman–Crippen MR) is 134 cm³/mol. The molecule has 11 atom stereocenters. The van der Waals surface area contributed by atoms with Crippen molar-refractivity contribution in [2.45, 2.75) is 117 Å². The highest BCUT2D eigenvalue weighted by Crippen LogP contribution is 2.73. The summed E-state index contributed by atoms with van der Waals surface area (Å²) in [6, 6.07) is 0. The van der Waals surface area contributed by atoms with Gasteiger partial charge in [0.2, 0.25) is 0 Å². The van der Waals surface area contributed by atoms with Gasteiger partial charge in [0.15, 0.2) is 5.79 Å². The van der Waals surface area contributed by atoms with Gasteiger partial charge in [0.05, 0.1) is 18.8 Å². The van der Waals surface area contributed by atoms with Crippen LogP contribution in [-0.4, -0.2) is 51.6 Å². The zero-order valence-electron chi connectivity index (χ0n) is 22.7. The summed E-state index contributed by atoms with van der Waals surface area (Å²) < 4.78 is 12.8. The van der Waals surface area contributed by atoms with Crippen molar-refractivity contribution in [3.05, 3.63) is 23.3 Å². The van der Waals surface area contributed by atoms with E-state index in [0.29, 0.717) is 24.2 Å². The topological polar surface area (TPSA) is 79.2 Å². The minimum Gasteiger partial charge on any atom is -0.393 e. The van der Waals surface area contributed by atoms with Gasteiger partial charge in [-0.05, 0) is 84.2 Å². The first-order chi connectivity index (χ1) is 16.1. The van der Waals surface area contributed by atoms with Gasteiger partial charge in [0.25, 0.3) is 0 Å². The Labute approximate surface area is 211 Å². The maximum Gasteiger partial charge on any atom is 0.198 e. The summed E-state index contributed by atoms with van der Waals surface area (Å²) in [7, 11) is 0. The van der Waals surface area contributed by atoms with Crippen LogP contribution in [0.3, 0.4) is 0 Å². The van der Waals surface area contributed by atoms with Gasteiger partial charge in [-0.3, -0.25) is 0 Å². The minimum atomic E-state index is -1.28. The van der Waals surface area contributed by atoms with E-state index in [-0.39, 0.29) is 40.5 Å². The van der Waals surface area contributed by atoms with Gasteiger partial charge >= 0.3 is 0 Å². The lowest BCUT2D eigenvalue weighted by atomic mass is 9.44. The van der Waals surface area contributed by atoms with Crippen LogP contribution in [0, 0.1) is 39.4 Å². The number of allylic oxidation sites excluding steroid dienone is 4. The monoisotopic (exact) mass is 486 g/mol. The van der Waals surface area contributed by atoms with Crippen LogP contribution >= 0.6 is 0 Å². The zero-order chi connectivity index (χ0) is 25.4. The molecule has 5 heteroatoms. The zero-order valence-corrected chi connectivity index (χ0v) is 22.7. The maximum absolute atomic E-state index is 11.0. The largest absolute Gasteiger partial charge is 0.393 e. The standard InChI is InChI=1S/C30H46O5/c1-17-14-30(24(32)29(7,33)16-34-30)35-20-15-28(6)19-8-9-21-25(2,3)22(31)11-12-26(21,4)18(19)10-13-27(28,5)23(17)20/h8,10,17,20-24,31-33H,9,11-16H2,1-7H3/t17-,20+,21-,22+,23+,24-,26-,27-,28+,29+,30+/m1/s1.